The van der Waals surface area contributed by atoms with Crippen molar-refractivity contribution >= 4 is 6.03 Å². The van der Waals surface area contributed by atoms with Gasteiger partial charge in [-0.25, -0.2) is 4.79 Å². The highest BCUT2D eigenvalue weighted by molar-refractivity contribution is 5.74. The summed E-state index contributed by atoms with van der Waals surface area (Å²) >= 11 is 0. The molecule has 0 saturated carbocycles. The Morgan fingerprint density at radius 2 is 2.16 bits per heavy atom. The van der Waals surface area contributed by atoms with Crippen molar-refractivity contribution in [3.05, 3.63) is 46.8 Å². The summed E-state index contributed by atoms with van der Waals surface area (Å²) in [4.78, 5) is 12.4. The lowest BCUT2D eigenvalue weighted by atomic mass is 9.93. The van der Waals surface area contributed by atoms with Crippen molar-refractivity contribution in [1.82, 2.24) is 15.8 Å². The van der Waals surface area contributed by atoms with E-state index in [0.717, 1.165) is 41.2 Å². The van der Waals surface area contributed by atoms with Gasteiger partial charge in [0, 0.05) is 18.0 Å². The number of para-hydroxylation sites is 1. The highest BCUT2D eigenvalue weighted by Crippen LogP contribution is 2.32. The second kappa shape index (κ2) is 7.59. The molecular weight excluding hydrogens is 318 g/mol. The molecule has 1 aliphatic heterocycles. The second-order valence-electron chi connectivity index (χ2n) is 6.42. The first kappa shape index (κ1) is 17.3. The molecule has 25 heavy (non-hydrogen) atoms. The molecule has 2 atom stereocenters. The standard InChI is InChI=1S/C19H25N3O3/c1-4-16(18-12(2)22-25-13(18)3)21-19(23)20-11-14-9-10-24-17-8-6-5-7-15(14)17/h5-8,14,16H,4,9-11H2,1-3H3,(H2,20,21,23). The molecule has 6 heteroatoms. The van der Waals surface area contributed by atoms with E-state index in [1.165, 1.54) is 0 Å². The summed E-state index contributed by atoms with van der Waals surface area (Å²) in [5, 5.41) is 10.0. The van der Waals surface area contributed by atoms with E-state index >= 15 is 0 Å². The van der Waals surface area contributed by atoms with Crippen molar-refractivity contribution in [2.75, 3.05) is 13.2 Å². The van der Waals surface area contributed by atoms with Crippen LogP contribution in [0.15, 0.2) is 28.8 Å². The third kappa shape index (κ3) is 3.78. The molecule has 0 spiro atoms. The fourth-order valence-electron chi connectivity index (χ4n) is 3.42. The van der Waals surface area contributed by atoms with Gasteiger partial charge in [-0.1, -0.05) is 30.3 Å². The molecule has 1 aromatic carbocycles. The Bertz CT molecular complexity index is 722. The molecule has 3 rings (SSSR count). The Kier molecular flexibility index (Phi) is 5.26. The number of ether oxygens (including phenoxy) is 1. The van der Waals surface area contributed by atoms with Gasteiger partial charge >= 0.3 is 6.03 Å². The number of hydrogen-bond acceptors (Lipinski definition) is 4. The van der Waals surface area contributed by atoms with E-state index in [-0.39, 0.29) is 18.0 Å². The molecule has 2 amide bonds. The lowest BCUT2D eigenvalue weighted by Crippen LogP contribution is -2.40. The van der Waals surface area contributed by atoms with Crippen LogP contribution in [0.1, 0.15) is 54.3 Å². The normalized spacial score (nSPS) is 17.3. The number of benzene rings is 1. The van der Waals surface area contributed by atoms with Crippen LogP contribution in [0, 0.1) is 13.8 Å². The van der Waals surface area contributed by atoms with Crippen LogP contribution in [0.2, 0.25) is 0 Å². The first-order chi connectivity index (χ1) is 12.1. The molecule has 6 nitrogen and oxygen atoms in total. The van der Waals surface area contributed by atoms with Gasteiger partial charge in [-0.3, -0.25) is 0 Å². The lowest BCUT2D eigenvalue weighted by Gasteiger charge is -2.26. The van der Waals surface area contributed by atoms with Crippen LogP contribution < -0.4 is 15.4 Å². The average molecular weight is 343 g/mol. The number of amides is 2. The van der Waals surface area contributed by atoms with Gasteiger partial charge in [-0.15, -0.1) is 0 Å². The molecule has 2 unspecified atom stereocenters. The monoisotopic (exact) mass is 343 g/mol. The summed E-state index contributed by atoms with van der Waals surface area (Å²) in [6, 6.07) is 7.75. The quantitative estimate of drug-likeness (QED) is 0.869. The molecule has 0 saturated heterocycles. The van der Waals surface area contributed by atoms with E-state index in [4.69, 9.17) is 9.26 Å². The zero-order valence-electron chi connectivity index (χ0n) is 15.0. The lowest BCUT2D eigenvalue weighted by molar-refractivity contribution is 0.231. The van der Waals surface area contributed by atoms with Gasteiger partial charge in [0.05, 0.1) is 18.3 Å². The number of urea groups is 1. The number of nitrogens with one attached hydrogen (secondary N) is 2. The number of rotatable bonds is 5. The minimum absolute atomic E-state index is 0.103. The SMILES string of the molecule is CCC(NC(=O)NCC1CCOc2ccccc21)c1c(C)noc1C. The number of nitrogens with zero attached hydrogens (tertiary/aromatic N) is 1. The minimum atomic E-state index is -0.171. The number of hydrogen-bond donors (Lipinski definition) is 2. The topological polar surface area (TPSA) is 76.4 Å². The first-order valence-corrected chi connectivity index (χ1v) is 8.79. The molecule has 0 radical (unpaired) electrons. The number of carbonyl (C=O) groups excluding carboxylic acids is 1. The van der Waals surface area contributed by atoms with Crippen molar-refractivity contribution < 1.29 is 14.1 Å². The summed E-state index contributed by atoms with van der Waals surface area (Å²) < 4.78 is 10.9. The molecule has 0 fully saturated rings. The van der Waals surface area contributed by atoms with E-state index in [9.17, 15) is 4.79 Å². The zero-order valence-corrected chi connectivity index (χ0v) is 15.0. The Morgan fingerprint density at radius 3 is 2.88 bits per heavy atom. The van der Waals surface area contributed by atoms with Crippen molar-refractivity contribution in [3.63, 3.8) is 0 Å². The molecule has 1 aromatic heterocycles. The van der Waals surface area contributed by atoms with Gasteiger partial charge in [-0.2, -0.15) is 0 Å². The van der Waals surface area contributed by atoms with Crippen molar-refractivity contribution in [1.29, 1.82) is 0 Å². The Labute approximate surface area is 147 Å². The fourth-order valence-corrected chi connectivity index (χ4v) is 3.42. The highest BCUT2D eigenvalue weighted by Gasteiger charge is 2.23. The van der Waals surface area contributed by atoms with E-state index < -0.39 is 0 Å². The van der Waals surface area contributed by atoms with Crippen LogP contribution in [-0.2, 0) is 0 Å². The molecule has 2 N–H and O–H groups in total. The zero-order chi connectivity index (χ0) is 17.8. The first-order valence-electron chi connectivity index (χ1n) is 8.79. The van der Waals surface area contributed by atoms with Crippen LogP contribution in [0.3, 0.4) is 0 Å². The van der Waals surface area contributed by atoms with Gasteiger partial charge in [-0.05, 0) is 38.3 Å². The molecule has 2 heterocycles. The molecule has 0 aliphatic carbocycles. The maximum atomic E-state index is 12.4. The summed E-state index contributed by atoms with van der Waals surface area (Å²) in [5.41, 5.74) is 2.95. The number of aromatic nitrogens is 1. The third-order valence-electron chi connectivity index (χ3n) is 4.74. The molecule has 2 aromatic rings. The summed E-state index contributed by atoms with van der Waals surface area (Å²) in [5.74, 6) is 1.95. The van der Waals surface area contributed by atoms with E-state index in [1.807, 2.05) is 39.0 Å². The third-order valence-corrected chi connectivity index (χ3v) is 4.74. The van der Waals surface area contributed by atoms with Gasteiger partial charge in [0.1, 0.15) is 11.5 Å². The van der Waals surface area contributed by atoms with Gasteiger partial charge in [0.15, 0.2) is 0 Å². The van der Waals surface area contributed by atoms with Crippen molar-refractivity contribution in [2.24, 2.45) is 0 Å². The smallest absolute Gasteiger partial charge is 0.315 e. The second-order valence-corrected chi connectivity index (χ2v) is 6.42. The molecule has 1 aliphatic rings. The van der Waals surface area contributed by atoms with Gasteiger partial charge in [0.25, 0.3) is 0 Å². The molecular formula is C19H25N3O3. The van der Waals surface area contributed by atoms with Crippen molar-refractivity contribution in [3.8, 4) is 5.75 Å². The van der Waals surface area contributed by atoms with E-state index in [2.05, 4.69) is 21.9 Å². The average Bonchev–Trinajstić information content (AvgIpc) is 2.96. The number of aryl methyl sites for hydroxylation is 2. The van der Waals surface area contributed by atoms with Gasteiger partial charge < -0.3 is 19.9 Å². The Morgan fingerprint density at radius 1 is 1.36 bits per heavy atom. The van der Waals surface area contributed by atoms with Crippen LogP contribution in [-0.4, -0.2) is 24.3 Å². The van der Waals surface area contributed by atoms with Crippen LogP contribution in [0.5, 0.6) is 5.75 Å². The molecule has 134 valence electrons. The largest absolute Gasteiger partial charge is 0.493 e. The van der Waals surface area contributed by atoms with Crippen LogP contribution in [0.4, 0.5) is 4.79 Å². The predicted octanol–water partition coefficient (Wildman–Crippen LogP) is 3.61. The maximum Gasteiger partial charge on any atom is 0.315 e. The molecule has 0 bridgehead atoms. The highest BCUT2D eigenvalue weighted by atomic mass is 16.5. The van der Waals surface area contributed by atoms with Crippen LogP contribution >= 0.6 is 0 Å². The summed E-state index contributed by atoms with van der Waals surface area (Å²) in [7, 11) is 0. The summed E-state index contributed by atoms with van der Waals surface area (Å²) in [6.45, 7) is 7.07. The Balaban J connectivity index is 1.60. The van der Waals surface area contributed by atoms with Gasteiger partial charge in [0.2, 0.25) is 0 Å². The fraction of sp³-hybridized carbons (Fsp3) is 0.474. The summed E-state index contributed by atoms with van der Waals surface area (Å²) in [6.07, 6.45) is 1.68. The van der Waals surface area contributed by atoms with Crippen molar-refractivity contribution in [2.45, 2.75) is 45.6 Å². The maximum absolute atomic E-state index is 12.4. The number of fused-ring (bicyclic) bond motifs is 1. The predicted molar refractivity (Wildman–Crippen MR) is 94.8 cm³/mol. The van der Waals surface area contributed by atoms with E-state index in [0.29, 0.717) is 13.2 Å². The van der Waals surface area contributed by atoms with Crippen LogP contribution in [0.25, 0.3) is 0 Å². The van der Waals surface area contributed by atoms with E-state index in [1.54, 1.807) is 0 Å². The number of carbonyl (C=O) groups is 1. The minimum Gasteiger partial charge on any atom is -0.493 e. The Hall–Kier alpha value is -2.50.